The van der Waals surface area contributed by atoms with Gasteiger partial charge in [-0.2, -0.15) is 5.10 Å². The highest BCUT2D eigenvalue weighted by atomic mass is 19.1. The second-order valence-electron chi connectivity index (χ2n) is 6.62. The van der Waals surface area contributed by atoms with E-state index in [2.05, 4.69) is 10.4 Å². The van der Waals surface area contributed by atoms with Crippen LogP contribution >= 0.6 is 0 Å². The number of nitrogens with zero attached hydrogens (tertiary/aromatic N) is 2. The molecule has 1 fully saturated rings. The molecule has 3 rings (SSSR count). The molecule has 1 aromatic carbocycles. The molecular weight excluding hydrogens is 313 g/mol. The van der Waals surface area contributed by atoms with E-state index in [1.807, 2.05) is 0 Å². The van der Waals surface area contributed by atoms with Crippen LogP contribution in [0, 0.1) is 23.1 Å². The average Bonchev–Trinajstić information content (AvgIpc) is 2.85. The zero-order valence-corrected chi connectivity index (χ0v) is 13.4. The van der Waals surface area contributed by atoms with Crippen LogP contribution in [0.2, 0.25) is 0 Å². The normalized spacial score (nSPS) is 21.3. The van der Waals surface area contributed by atoms with Crippen LogP contribution in [0.25, 0.3) is 0 Å². The number of amides is 1. The third kappa shape index (κ3) is 2.89. The van der Waals surface area contributed by atoms with Crippen LogP contribution < -0.4 is 5.32 Å². The summed E-state index contributed by atoms with van der Waals surface area (Å²) in [4.78, 5) is 23.4. The van der Waals surface area contributed by atoms with Crippen LogP contribution in [0.4, 0.5) is 10.1 Å². The van der Waals surface area contributed by atoms with Crippen LogP contribution in [-0.2, 0) is 16.1 Å². The van der Waals surface area contributed by atoms with Crippen molar-refractivity contribution in [3.05, 3.63) is 48.0 Å². The molecule has 1 heterocycles. The van der Waals surface area contributed by atoms with Crippen molar-refractivity contribution in [2.75, 3.05) is 5.32 Å². The van der Waals surface area contributed by atoms with Crippen LogP contribution in [0.3, 0.4) is 0 Å². The predicted octanol–water partition coefficient (Wildman–Crippen LogP) is 2.37. The number of hydrogen-bond donors (Lipinski definition) is 2. The van der Waals surface area contributed by atoms with Gasteiger partial charge in [0.15, 0.2) is 0 Å². The SMILES string of the molecule is CC1(C)C(C(=O)O)C1C(=O)Nc1cnn(Cc2ccccc2F)c1. The Balaban J connectivity index is 1.66. The number of carbonyl (C=O) groups is 2. The van der Waals surface area contributed by atoms with E-state index in [-0.39, 0.29) is 18.3 Å². The van der Waals surface area contributed by atoms with E-state index in [4.69, 9.17) is 5.11 Å². The van der Waals surface area contributed by atoms with Crippen molar-refractivity contribution >= 4 is 17.6 Å². The highest BCUT2D eigenvalue weighted by Gasteiger charge is 2.65. The van der Waals surface area contributed by atoms with E-state index in [1.165, 1.54) is 16.9 Å². The smallest absolute Gasteiger partial charge is 0.307 e. The summed E-state index contributed by atoms with van der Waals surface area (Å²) in [5, 5.41) is 15.9. The molecule has 1 amide bonds. The first-order chi connectivity index (χ1) is 11.3. The van der Waals surface area contributed by atoms with Crippen molar-refractivity contribution in [1.29, 1.82) is 0 Å². The molecule has 2 N–H and O–H groups in total. The fraction of sp³-hybridized carbons (Fsp3) is 0.353. The Morgan fingerprint density at radius 3 is 2.67 bits per heavy atom. The second-order valence-corrected chi connectivity index (χ2v) is 6.62. The Kier molecular flexibility index (Phi) is 3.87. The minimum atomic E-state index is -0.963. The number of carbonyl (C=O) groups excluding carboxylic acids is 1. The maximum atomic E-state index is 13.6. The molecule has 1 aliphatic rings. The van der Waals surface area contributed by atoms with Crippen LogP contribution in [0.15, 0.2) is 36.7 Å². The summed E-state index contributed by atoms with van der Waals surface area (Å²) < 4.78 is 15.2. The fourth-order valence-corrected chi connectivity index (χ4v) is 3.12. The number of rotatable bonds is 5. The van der Waals surface area contributed by atoms with Gasteiger partial charge in [0.25, 0.3) is 0 Å². The van der Waals surface area contributed by atoms with Gasteiger partial charge in [-0.3, -0.25) is 14.3 Å². The molecule has 24 heavy (non-hydrogen) atoms. The van der Waals surface area contributed by atoms with Gasteiger partial charge in [-0.15, -0.1) is 0 Å². The van der Waals surface area contributed by atoms with Gasteiger partial charge in [-0.1, -0.05) is 32.0 Å². The predicted molar refractivity (Wildman–Crippen MR) is 84.8 cm³/mol. The topological polar surface area (TPSA) is 84.2 Å². The van der Waals surface area contributed by atoms with Gasteiger partial charge in [-0.25, -0.2) is 4.39 Å². The molecule has 0 aliphatic heterocycles. The van der Waals surface area contributed by atoms with Crippen molar-refractivity contribution in [3.63, 3.8) is 0 Å². The third-order valence-electron chi connectivity index (χ3n) is 4.57. The number of carboxylic acids is 1. The quantitative estimate of drug-likeness (QED) is 0.881. The summed E-state index contributed by atoms with van der Waals surface area (Å²) >= 11 is 0. The molecule has 1 saturated carbocycles. The first kappa shape index (κ1) is 16.2. The minimum Gasteiger partial charge on any atom is -0.481 e. The van der Waals surface area contributed by atoms with Gasteiger partial charge in [0.2, 0.25) is 5.91 Å². The summed E-state index contributed by atoms with van der Waals surface area (Å²) in [5.41, 5.74) is 0.398. The maximum Gasteiger partial charge on any atom is 0.307 e. The van der Waals surface area contributed by atoms with Gasteiger partial charge in [0, 0.05) is 11.8 Å². The number of halogens is 1. The molecule has 0 radical (unpaired) electrons. The first-order valence-corrected chi connectivity index (χ1v) is 7.60. The summed E-state index contributed by atoms with van der Waals surface area (Å²) in [5.74, 6) is -2.85. The molecule has 0 saturated heterocycles. The Morgan fingerprint density at radius 2 is 2.04 bits per heavy atom. The Bertz CT molecular complexity index is 800. The van der Waals surface area contributed by atoms with Crippen molar-refractivity contribution in [2.45, 2.75) is 20.4 Å². The molecule has 2 unspecified atom stereocenters. The summed E-state index contributed by atoms with van der Waals surface area (Å²) in [7, 11) is 0. The standard InChI is InChI=1S/C17H18FN3O3/c1-17(2)13(14(17)16(23)24)15(22)20-11-7-19-21(9-11)8-10-5-3-4-6-12(10)18/h3-7,9,13-14H,8H2,1-2H3,(H,20,22)(H,23,24). The number of benzene rings is 1. The molecule has 1 aromatic heterocycles. The number of hydrogen-bond acceptors (Lipinski definition) is 3. The van der Waals surface area contributed by atoms with Gasteiger partial charge < -0.3 is 10.4 Å². The first-order valence-electron chi connectivity index (χ1n) is 7.60. The largest absolute Gasteiger partial charge is 0.481 e. The minimum absolute atomic E-state index is 0.245. The zero-order valence-electron chi connectivity index (χ0n) is 13.4. The number of carboxylic acid groups (broad SMARTS) is 1. The van der Waals surface area contributed by atoms with Gasteiger partial charge in [-0.05, 0) is 11.5 Å². The highest BCUT2D eigenvalue weighted by Crippen LogP contribution is 2.58. The van der Waals surface area contributed by atoms with Gasteiger partial charge >= 0.3 is 5.97 Å². The molecule has 6 nitrogen and oxygen atoms in total. The van der Waals surface area contributed by atoms with E-state index >= 15 is 0 Å². The maximum absolute atomic E-state index is 13.6. The Labute approximate surface area is 138 Å². The Hall–Kier alpha value is -2.70. The molecule has 2 atom stereocenters. The van der Waals surface area contributed by atoms with Gasteiger partial charge in [0.1, 0.15) is 5.82 Å². The Morgan fingerprint density at radius 1 is 1.33 bits per heavy atom. The van der Waals surface area contributed by atoms with E-state index in [0.717, 1.165) is 0 Å². The van der Waals surface area contributed by atoms with E-state index in [1.54, 1.807) is 38.2 Å². The lowest BCUT2D eigenvalue weighted by Crippen LogP contribution is -2.17. The average molecular weight is 331 g/mol. The summed E-state index contributed by atoms with van der Waals surface area (Å²) in [6, 6.07) is 6.40. The lowest BCUT2D eigenvalue weighted by atomic mass is 10.1. The van der Waals surface area contributed by atoms with Crippen LogP contribution in [0.5, 0.6) is 0 Å². The number of aromatic nitrogens is 2. The number of anilines is 1. The number of nitrogens with one attached hydrogen (secondary N) is 1. The molecule has 1 aliphatic carbocycles. The molecule has 126 valence electrons. The van der Waals surface area contributed by atoms with Crippen LogP contribution in [-0.4, -0.2) is 26.8 Å². The molecule has 0 spiro atoms. The van der Waals surface area contributed by atoms with E-state index < -0.39 is 23.2 Å². The van der Waals surface area contributed by atoms with Crippen molar-refractivity contribution in [1.82, 2.24) is 9.78 Å². The lowest BCUT2D eigenvalue weighted by Gasteiger charge is -2.04. The lowest BCUT2D eigenvalue weighted by molar-refractivity contribution is -0.140. The molecule has 2 aromatic rings. The van der Waals surface area contributed by atoms with E-state index in [9.17, 15) is 14.0 Å². The van der Waals surface area contributed by atoms with Crippen LogP contribution in [0.1, 0.15) is 19.4 Å². The summed E-state index contributed by atoms with van der Waals surface area (Å²) in [6.07, 6.45) is 3.05. The van der Waals surface area contributed by atoms with Crippen molar-refractivity contribution < 1.29 is 19.1 Å². The molecule has 0 bridgehead atoms. The monoisotopic (exact) mass is 331 g/mol. The zero-order chi connectivity index (χ0) is 17.5. The van der Waals surface area contributed by atoms with E-state index in [0.29, 0.717) is 11.3 Å². The third-order valence-corrected chi connectivity index (χ3v) is 4.57. The highest BCUT2D eigenvalue weighted by molar-refractivity contribution is 5.99. The van der Waals surface area contributed by atoms with Crippen molar-refractivity contribution in [3.8, 4) is 0 Å². The van der Waals surface area contributed by atoms with Crippen molar-refractivity contribution in [2.24, 2.45) is 17.3 Å². The molecule has 7 heteroatoms. The van der Waals surface area contributed by atoms with Gasteiger partial charge in [0.05, 0.1) is 30.3 Å². The second kappa shape index (κ2) is 5.74. The fourth-order valence-electron chi connectivity index (χ4n) is 3.12. The number of aliphatic carboxylic acids is 1. The molecular formula is C17H18FN3O3. The summed E-state index contributed by atoms with van der Waals surface area (Å²) in [6.45, 7) is 3.77.